The quantitative estimate of drug-likeness (QED) is 0.831. The van der Waals surface area contributed by atoms with Crippen LogP contribution in [0.25, 0.3) is 0 Å². The summed E-state index contributed by atoms with van der Waals surface area (Å²) in [6.07, 6.45) is 4.35. The number of carboxylic acids is 1. The van der Waals surface area contributed by atoms with Crippen LogP contribution in [0.5, 0.6) is 0 Å². The summed E-state index contributed by atoms with van der Waals surface area (Å²) in [5.41, 5.74) is -0.755. The first-order valence-electron chi connectivity index (χ1n) is 8.09. The van der Waals surface area contributed by atoms with Gasteiger partial charge in [-0.2, -0.15) is 0 Å². The van der Waals surface area contributed by atoms with Crippen molar-refractivity contribution in [2.45, 2.75) is 58.9 Å². The maximum absolute atomic E-state index is 13.1. The lowest BCUT2D eigenvalue weighted by Crippen LogP contribution is -2.60. The minimum Gasteiger partial charge on any atom is -0.480 e. The fourth-order valence-corrected chi connectivity index (χ4v) is 4.11. The molecule has 2 rings (SSSR count). The summed E-state index contributed by atoms with van der Waals surface area (Å²) in [6.45, 7) is 8.12. The Bertz CT molecular complexity index is 414. The monoisotopic (exact) mass is 296 g/mol. The van der Waals surface area contributed by atoms with Gasteiger partial charge in [-0.3, -0.25) is 4.79 Å². The first kappa shape index (κ1) is 16.3. The van der Waals surface area contributed by atoms with Crippen molar-refractivity contribution in [1.82, 2.24) is 10.2 Å². The number of hydrogen-bond acceptors (Lipinski definition) is 3. The SMILES string of the molecule is CCCC1(C(=O)N2CCCC(C)(C)C2C(=O)O)CCNC1. The standard InChI is InChI=1S/C16H28N2O3/c1-4-6-16(8-9-17-11-16)14(21)18-10-5-7-15(2,3)12(18)13(19)20/h12,17H,4-11H2,1-3H3,(H,19,20). The van der Waals surface area contributed by atoms with E-state index in [9.17, 15) is 14.7 Å². The molecule has 21 heavy (non-hydrogen) atoms. The van der Waals surface area contributed by atoms with E-state index in [1.807, 2.05) is 13.8 Å². The molecule has 0 saturated carbocycles. The molecule has 0 spiro atoms. The van der Waals surface area contributed by atoms with Gasteiger partial charge in [0, 0.05) is 13.1 Å². The van der Waals surface area contributed by atoms with E-state index in [4.69, 9.17) is 0 Å². The Labute approximate surface area is 127 Å². The fourth-order valence-electron chi connectivity index (χ4n) is 4.11. The van der Waals surface area contributed by atoms with Crippen LogP contribution in [0.15, 0.2) is 0 Å². The third-order valence-corrected chi connectivity index (χ3v) is 5.19. The van der Waals surface area contributed by atoms with Gasteiger partial charge in [0.2, 0.25) is 5.91 Å². The van der Waals surface area contributed by atoms with E-state index in [0.29, 0.717) is 13.1 Å². The van der Waals surface area contributed by atoms with Crippen LogP contribution < -0.4 is 5.32 Å². The number of rotatable bonds is 4. The third kappa shape index (κ3) is 2.93. The van der Waals surface area contributed by atoms with E-state index >= 15 is 0 Å². The summed E-state index contributed by atoms with van der Waals surface area (Å²) in [5.74, 6) is -0.819. The summed E-state index contributed by atoms with van der Waals surface area (Å²) in [5, 5.41) is 12.9. The average molecular weight is 296 g/mol. The number of piperidine rings is 1. The fraction of sp³-hybridized carbons (Fsp3) is 0.875. The van der Waals surface area contributed by atoms with E-state index in [0.717, 1.165) is 38.6 Å². The number of likely N-dealkylation sites (tertiary alicyclic amines) is 1. The predicted molar refractivity (Wildman–Crippen MR) is 81.0 cm³/mol. The molecule has 0 radical (unpaired) electrons. The second-order valence-corrected chi connectivity index (χ2v) is 7.29. The molecule has 0 aromatic heterocycles. The molecule has 2 aliphatic rings. The summed E-state index contributed by atoms with van der Waals surface area (Å²) >= 11 is 0. The normalized spacial score (nSPS) is 32.1. The van der Waals surface area contributed by atoms with Crippen molar-refractivity contribution in [3.63, 3.8) is 0 Å². The molecular formula is C16H28N2O3. The number of nitrogens with zero attached hydrogens (tertiary/aromatic N) is 1. The second-order valence-electron chi connectivity index (χ2n) is 7.29. The summed E-state index contributed by atoms with van der Waals surface area (Å²) < 4.78 is 0. The molecule has 0 aliphatic carbocycles. The maximum atomic E-state index is 13.1. The highest BCUT2D eigenvalue weighted by Gasteiger charge is 2.50. The smallest absolute Gasteiger partial charge is 0.326 e. The van der Waals surface area contributed by atoms with Gasteiger partial charge in [-0.05, 0) is 37.6 Å². The highest BCUT2D eigenvalue weighted by atomic mass is 16.4. The molecule has 5 heteroatoms. The van der Waals surface area contributed by atoms with Crippen LogP contribution in [0, 0.1) is 10.8 Å². The Morgan fingerprint density at radius 1 is 1.33 bits per heavy atom. The van der Waals surface area contributed by atoms with Crippen molar-refractivity contribution in [1.29, 1.82) is 0 Å². The topological polar surface area (TPSA) is 69.6 Å². The third-order valence-electron chi connectivity index (χ3n) is 5.19. The lowest BCUT2D eigenvalue weighted by molar-refractivity contribution is -0.164. The molecule has 1 amide bonds. The molecule has 2 N–H and O–H groups in total. The molecule has 2 atom stereocenters. The molecule has 2 unspecified atom stereocenters. The zero-order valence-electron chi connectivity index (χ0n) is 13.4. The van der Waals surface area contributed by atoms with E-state index in [2.05, 4.69) is 12.2 Å². The van der Waals surface area contributed by atoms with Gasteiger partial charge < -0.3 is 15.3 Å². The molecule has 2 aliphatic heterocycles. The van der Waals surface area contributed by atoms with Crippen LogP contribution in [0.1, 0.15) is 52.9 Å². The van der Waals surface area contributed by atoms with Crippen molar-refractivity contribution in [2.75, 3.05) is 19.6 Å². The van der Waals surface area contributed by atoms with E-state index in [-0.39, 0.29) is 11.3 Å². The zero-order valence-corrected chi connectivity index (χ0v) is 13.4. The van der Waals surface area contributed by atoms with Gasteiger partial charge in [0.05, 0.1) is 5.41 Å². The number of hydrogen-bond donors (Lipinski definition) is 2. The number of amides is 1. The zero-order chi connectivity index (χ0) is 15.7. The highest BCUT2D eigenvalue weighted by Crippen LogP contribution is 2.40. The van der Waals surface area contributed by atoms with Crippen LogP contribution in [0.2, 0.25) is 0 Å². The van der Waals surface area contributed by atoms with Crippen molar-refractivity contribution in [3.8, 4) is 0 Å². The van der Waals surface area contributed by atoms with Gasteiger partial charge in [0.25, 0.3) is 0 Å². The average Bonchev–Trinajstić information content (AvgIpc) is 2.86. The Hall–Kier alpha value is -1.10. The van der Waals surface area contributed by atoms with Crippen LogP contribution in [0.3, 0.4) is 0 Å². The number of aliphatic carboxylic acids is 1. The Morgan fingerprint density at radius 2 is 2.05 bits per heavy atom. The first-order valence-corrected chi connectivity index (χ1v) is 8.09. The van der Waals surface area contributed by atoms with Gasteiger partial charge in [0.15, 0.2) is 0 Å². The van der Waals surface area contributed by atoms with Gasteiger partial charge in [-0.1, -0.05) is 27.2 Å². The van der Waals surface area contributed by atoms with Gasteiger partial charge >= 0.3 is 5.97 Å². The molecule has 0 bridgehead atoms. The largest absolute Gasteiger partial charge is 0.480 e. The highest BCUT2D eigenvalue weighted by molar-refractivity contribution is 5.88. The second kappa shape index (κ2) is 5.95. The maximum Gasteiger partial charge on any atom is 0.326 e. The van der Waals surface area contributed by atoms with E-state index < -0.39 is 17.4 Å². The molecule has 2 fully saturated rings. The van der Waals surface area contributed by atoms with Crippen molar-refractivity contribution in [3.05, 3.63) is 0 Å². The first-order chi connectivity index (χ1) is 9.84. The van der Waals surface area contributed by atoms with Crippen LogP contribution in [-0.2, 0) is 9.59 Å². The lowest BCUT2D eigenvalue weighted by Gasteiger charge is -2.46. The number of carboxylic acid groups (broad SMARTS) is 1. The number of nitrogens with one attached hydrogen (secondary N) is 1. The van der Waals surface area contributed by atoms with E-state index in [1.54, 1.807) is 4.90 Å². The van der Waals surface area contributed by atoms with Crippen LogP contribution in [-0.4, -0.2) is 47.6 Å². The van der Waals surface area contributed by atoms with Crippen molar-refractivity contribution >= 4 is 11.9 Å². The van der Waals surface area contributed by atoms with Crippen LogP contribution in [0.4, 0.5) is 0 Å². The molecule has 2 heterocycles. The molecule has 120 valence electrons. The molecule has 0 aromatic carbocycles. The van der Waals surface area contributed by atoms with Crippen molar-refractivity contribution in [2.24, 2.45) is 10.8 Å². The Kier molecular flexibility index (Phi) is 4.61. The van der Waals surface area contributed by atoms with Gasteiger partial charge in [0.1, 0.15) is 6.04 Å². The minimum absolute atomic E-state index is 0.0505. The van der Waals surface area contributed by atoms with Gasteiger partial charge in [-0.15, -0.1) is 0 Å². The number of carbonyl (C=O) groups excluding carboxylic acids is 1. The van der Waals surface area contributed by atoms with Crippen LogP contribution >= 0.6 is 0 Å². The Morgan fingerprint density at radius 3 is 2.57 bits per heavy atom. The summed E-state index contributed by atoms with van der Waals surface area (Å²) in [4.78, 5) is 26.6. The predicted octanol–water partition coefficient (Wildman–Crippen LogP) is 1.87. The minimum atomic E-state index is -0.870. The summed E-state index contributed by atoms with van der Waals surface area (Å²) in [7, 11) is 0. The van der Waals surface area contributed by atoms with Gasteiger partial charge in [-0.25, -0.2) is 4.79 Å². The lowest BCUT2D eigenvalue weighted by atomic mass is 9.74. The Balaban J connectivity index is 2.29. The molecule has 2 saturated heterocycles. The molecular weight excluding hydrogens is 268 g/mol. The molecule has 0 aromatic rings. The van der Waals surface area contributed by atoms with Crippen molar-refractivity contribution < 1.29 is 14.7 Å². The van der Waals surface area contributed by atoms with E-state index in [1.165, 1.54) is 0 Å². The molecule has 5 nitrogen and oxygen atoms in total. The summed E-state index contributed by atoms with van der Waals surface area (Å²) in [6, 6.07) is -0.701. The number of carbonyl (C=O) groups is 2.